The molecule has 0 saturated heterocycles. The summed E-state index contributed by atoms with van der Waals surface area (Å²) in [6.45, 7) is 0. The molecule has 10 rings (SSSR count). The van der Waals surface area contributed by atoms with Crippen LogP contribution in [0.4, 0.5) is 17.1 Å². The molecule has 0 aliphatic carbocycles. The number of fused-ring (bicyclic) bond motifs is 6. The minimum Gasteiger partial charge on any atom is -0.310 e. The number of hydrogen-bond donors (Lipinski definition) is 0. The second-order valence-electron chi connectivity index (χ2n) is 13.0. The Labute approximate surface area is 296 Å². The lowest BCUT2D eigenvalue weighted by molar-refractivity contribution is 1.17. The van der Waals surface area contributed by atoms with E-state index in [0.717, 1.165) is 28.4 Å². The van der Waals surface area contributed by atoms with Crippen LogP contribution in [0.25, 0.3) is 66.1 Å². The summed E-state index contributed by atoms with van der Waals surface area (Å²) in [5.41, 5.74) is 12.8. The molecule has 0 aliphatic heterocycles. The highest BCUT2D eigenvalue weighted by Gasteiger charge is 2.21. The van der Waals surface area contributed by atoms with E-state index < -0.39 is 0 Å². The maximum Gasteiger partial charge on any atom is 0.0562 e. The molecule has 0 bridgehead atoms. The largest absolute Gasteiger partial charge is 0.310 e. The Kier molecular flexibility index (Phi) is 6.81. The van der Waals surface area contributed by atoms with Gasteiger partial charge in [-0.15, -0.1) is 0 Å². The Balaban J connectivity index is 1.19. The van der Waals surface area contributed by atoms with E-state index in [1.165, 1.54) is 54.7 Å². The van der Waals surface area contributed by atoms with Gasteiger partial charge in [0.1, 0.15) is 0 Å². The van der Waals surface area contributed by atoms with Gasteiger partial charge >= 0.3 is 0 Å². The van der Waals surface area contributed by atoms with Crippen LogP contribution >= 0.6 is 0 Å². The van der Waals surface area contributed by atoms with Crippen molar-refractivity contribution >= 4 is 60.7 Å². The second-order valence-corrected chi connectivity index (χ2v) is 13.0. The van der Waals surface area contributed by atoms with Gasteiger partial charge in [0.2, 0.25) is 0 Å². The molecule has 0 saturated carbocycles. The van der Waals surface area contributed by atoms with Gasteiger partial charge in [-0.2, -0.15) is 0 Å². The second kappa shape index (κ2) is 11.9. The third-order valence-electron chi connectivity index (χ3n) is 10.1. The van der Waals surface area contributed by atoms with Gasteiger partial charge in [0.05, 0.1) is 27.8 Å². The van der Waals surface area contributed by atoms with Crippen molar-refractivity contribution in [2.24, 2.45) is 0 Å². The van der Waals surface area contributed by atoms with Crippen molar-refractivity contribution < 1.29 is 0 Å². The fourth-order valence-electron chi connectivity index (χ4n) is 7.85. The molecule has 0 fully saturated rings. The van der Waals surface area contributed by atoms with Crippen LogP contribution in [-0.2, 0) is 0 Å². The maximum absolute atomic E-state index is 2.41. The highest BCUT2D eigenvalue weighted by Crippen LogP contribution is 2.44. The molecule has 2 heterocycles. The van der Waals surface area contributed by atoms with Crippen LogP contribution in [0.15, 0.2) is 200 Å². The van der Waals surface area contributed by atoms with E-state index in [-0.39, 0.29) is 0 Å². The van der Waals surface area contributed by atoms with E-state index >= 15 is 0 Å². The number of aromatic nitrogens is 2. The number of anilines is 3. The summed E-state index contributed by atoms with van der Waals surface area (Å²) in [6, 6.07) is 72.1. The van der Waals surface area contributed by atoms with Crippen molar-refractivity contribution in [1.29, 1.82) is 0 Å². The van der Waals surface area contributed by atoms with Crippen molar-refractivity contribution in [3.05, 3.63) is 200 Å². The molecule has 51 heavy (non-hydrogen) atoms. The molecule has 10 aromatic rings. The van der Waals surface area contributed by atoms with Crippen molar-refractivity contribution in [2.75, 3.05) is 4.90 Å². The van der Waals surface area contributed by atoms with Crippen LogP contribution in [0, 0.1) is 0 Å². The molecule has 0 amide bonds. The van der Waals surface area contributed by atoms with Crippen LogP contribution in [0.3, 0.4) is 0 Å². The van der Waals surface area contributed by atoms with Crippen molar-refractivity contribution in [2.45, 2.75) is 0 Å². The molecule has 8 aromatic carbocycles. The van der Waals surface area contributed by atoms with Crippen molar-refractivity contribution in [3.8, 4) is 22.5 Å². The lowest BCUT2D eigenvalue weighted by Gasteiger charge is -2.27. The number of para-hydroxylation sites is 4. The number of rotatable bonds is 6. The first-order valence-corrected chi connectivity index (χ1v) is 17.5. The summed E-state index contributed by atoms with van der Waals surface area (Å²) in [7, 11) is 0. The average molecular weight is 652 g/mol. The fourth-order valence-corrected chi connectivity index (χ4v) is 7.85. The summed E-state index contributed by atoms with van der Waals surface area (Å²) in [5.74, 6) is 0. The van der Waals surface area contributed by atoms with Gasteiger partial charge < -0.3 is 14.0 Å². The van der Waals surface area contributed by atoms with E-state index in [0.29, 0.717) is 0 Å². The number of hydrogen-bond acceptors (Lipinski definition) is 1. The van der Waals surface area contributed by atoms with Crippen LogP contribution in [0.5, 0.6) is 0 Å². The van der Waals surface area contributed by atoms with E-state index in [2.05, 4.69) is 214 Å². The van der Waals surface area contributed by atoms with Crippen LogP contribution in [0.2, 0.25) is 0 Å². The van der Waals surface area contributed by atoms with Crippen LogP contribution in [0.1, 0.15) is 0 Å². The lowest BCUT2D eigenvalue weighted by Crippen LogP contribution is -2.10. The standard InChI is InChI=1S/C48H33N3/c1-3-14-34(15-4-1)35-26-28-37(29-27-35)49(38-30-32-39(33-31-38)50-43-21-10-7-18-40(43)41-19-8-11-22-44(41)50)46-24-13-25-47-48(46)42-20-9-12-23-45(42)51(47)36-16-5-2-6-17-36/h1-33H. The molecule has 240 valence electrons. The molecule has 0 atom stereocenters. The zero-order valence-corrected chi connectivity index (χ0v) is 27.9. The molecule has 0 unspecified atom stereocenters. The first-order chi connectivity index (χ1) is 25.3. The van der Waals surface area contributed by atoms with E-state index in [1.54, 1.807) is 0 Å². The van der Waals surface area contributed by atoms with E-state index in [1.807, 2.05) is 0 Å². The molecule has 0 aliphatic rings. The van der Waals surface area contributed by atoms with Crippen molar-refractivity contribution in [3.63, 3.8) is 0 Å². The first-order valence-electron chi connectivity index (χ1n) is 17.5. The SMILES string of the molecule is c1ccc(-c2ccc(N(c3ccc(-n4c5ccccc5c5ccccc54)cc3)c3cccc4c3c3ccccc3n4-c3ccccc3)cc2)cc1. The van der Waals surface area contributed by atoms with E-state index in [9.17, 15) is 0 Å². The fraction of sp³-hybridized carbons (Fsp3) is 0. The Hall–Kier alpha value is -6.84. The highest BCUT2D eigenvalue weighted by molar-refractivity contribution is 6.16. The lowest BCUT2D eigenvalue weighted by atomic mass is 10.0. The minimum absolute atomic E-state index is 1.09. The van der Waals surface area contributed by atoms with Crippen LogP contribution < -0.4 is 4.90 Å². The van der Waals surface area contributed by atoms with Gasteiger partial charge in [-0.1, -0.05) is 121 Å². The van der Waals surface area contributed by atoms with Gasteiger partial charge in [-0.3, -0.25) is 0 Å². The minimum atomic E-state index is 1.09. The zero-order valence-electron chi connectivity index (χ0n) is 27.9. The molecular formula is C48H33N3. The Morgan fingerprint density at radius 1 is 0.294 bits per heavy atom. The molecule has 0 N–H and O–H groups in total. The summed E-state index contributed by atoms with van der Waals surface area (Å²) in [4.78, 5) is 2.41. The predicted octanol–water partition coefficient (Wildman–Crippen LogP) is 13.0. The number of nitrogens with zero attached hydrogens (tertiary/aromatic N) is 3. The normalized spacial score (nSPS) is 11.5. The molecule has 3 heteroatoms. The third-order valence-corrected chi connectivity index (χ3v) is 10.1. The molecule has 0 radical (unpaired) electrons. The molecule has 3 nitrogen and oxygen atoms in total. The Morgan fingerprint density at radius 3 is 1.35 bits per heavy atom. The maximum atomic E-state index is 2.41. The first kappa shape index (κ1) is 29.1. The van der Waals surface area contributed by atoms with Gasteiger partial charge in [0.25, 0.3) is 0 Å². The topological polar surface area (TPSA) is 13.1 Å². The third kappa shape index (κ3) is 4.74. The van der Waals surface area contributed by atoms with Gasteiger partial charge in [0.15, 0.2) is 0 Å². The number of benzene rings is 8. The molecule has 0 spiro atoms. The van der Waals surface area contributed by atoms with Gasteiger partial charge in [-0.05, 0) is 90.0 Å². The average Bonchev–Trinajstić information content (AvgIpc) is 3.73. The summed E-state index contributed by atoms with van der Waals surface area (Å²) >= 11 is 0. The summed E-state index contributed by atoms with van der Waals surface area (Å²) < 4.78 is 4.76. The summed E-state index contributed by atoms with van der Waals surface area (Å²) in [5, 5.41) is 4.97. The van der Waals surface area contributed by atoms with Crippen LogP contribution in [-0.4, -0.2) is 9.13 Å². The Morgan fingerprint density at radius 2 is 0.725 bits per heavy atom. The van der Waals surface area contributed by atoms with E-state index in [4.69, 9.17) is 0 Å². The quantitative estimate of drug-likeness (QED) is 0.174. The smallest absolute Gasteiger partial charge is 0.0562 e. The van der Waals surface area contributed by atoms with Crippen molar-refractivity contribution in [1.82, 2.24) is 9.13 Å². The molecule has 2 aromatic heterocycles. The zero-order chi connectivity index (χ0) is 33.7. The predicted molar refractivity (Wildman–Crippen MR) is 215 cm³/mol. The monoisotopic (exact) mass is 651 g/mol. The summed E-state index contributed by atoms with van der Waals surface area (Å²) in [6.07, 6.45) is 0. The van der Waals surface area contributed by atoms with Gasteiger partial charge in [-0.25, -0.2) is 0 Å². The Bertz CT molecular complexity index is 2770. The molecular weight excluding hydrogens is 619 g/mol. The highest BCUT2D eigenvalue weighted by atomic mass is 15.1. The van der Waals surface area contributed by atoms with Gasteiger partial charge in [0, 0.05) is 44.3 Å².